The molecule has 1 amide bonds. The number of hydrogen-bond donors (Lipinski definition) is 1. The predicted molar refractivity (Wildman–Crippen MR) is 91.6 cm³/mol. The van der Waals surface area contributed by atoms with Crippen LogP contribution < -0.4 is 5.32 Å². The summed E-state index contributed by atoms with van der Waals surface area (Å²) < 4.78 is 27.0. The van der Waals surface area contributed by atoms with E-state index in [-0.39, 0.29) is 29.2 Å². The van der Waals surface area contributed by atoms with E-state index in [1.807, 2.05) is 44.2 Å². The first-order valence-corrected chi connectivity index (χ1v) is 9.58. The molecule has 5 nitrogen and oxygen atoms in total. The fourth-order valence-electron chi connectivity index (χ4n) is 2.08. The lowest BCUT2D eigenvalue weighted by molar-refractivity contribution is -0.121. The average molecular weight is 352 g/mol. The molecular weight excluding hydrogens is 332 g/mol. The lowest BCUT2D eigenvalue weighted by atomic mass is 10.2. The first kappa shape index (κ1) is 17.7. The van der Waals surface area contributed by atoms with Crippen molar-refractivity contribution in [1.29, 1.82) is 0 Å². The zero-order valence-corrected chi connectivity index (χ0v) is 14.7. The smallest absolute Gasteiger partial charge is 0.253 e. The van der Waals surface area contributed by atoms with Crippen LogP contribution >= 0.6 is 11.3 Å². The van der Waals surface area contributed by atoms with Gasteiger partial charge in [0.15, 0.2) is 0 Å². The summed E-state index contributed by atoms with van der Waals surface area (Å²) in [5.41, 5.74) is 0.838. The molecule has 2 rings (SSSR count). The average Bonchev–Trinajstić information content (AvgIpc) is 3.01. The van der Waals surface area contributed by atoms with Crippen molar-refractivity contribution in [2.24, 2.45) is 0 Å². The maximum Gasteiger partial charge on any atom is 0.253 e. The molecule has 0 aliphatic rings. The summed E-state index contributed by atoms with van der Waals surface area (Å²) in [7, 11) is -3.70. The Bertz CT molecular complexity index is 726. The van der Waals surface area contributed by atoms with Crippen molar-refractivity contribution in [3.63, 3.8) is 0 Å². The molecule has 0 aliphatic heterocycles. The Labute approximate surface area is 141 Å². The van der Waals surface area contributed by atoms with Gasteiger partial charge in [0.2, 0.25) is 5.91 Å². The number of carbonyl (C=O) groups excluding carboxylic acids is 1. The number of hydrogen-bond acceptors (Lipinski definition) is 4. The minimum Gasteiger partial charge on any atom is -0.353 e. The van der Waals surface area contributed by atoms with Gasteiger partial charge in [-0.3, -0.25) is 4.79 Å². The molecule has 124 valence electrons. The van der Waals surface area contributed by atoms with Crippen LogP contribution in [0.25, 0.3) is 0 Å². The third-order valence-electron chi connectivity index (χ3n) is 3.06. The van der Waals surface area contributed by atoms with Gasteiger partial charge in [-0.15, -0.1) is 11.3 Å². The van der Waals surface area contributed by atoms with Gasteiger partial charge in [0.25, 0.3) is 10.0 Å². The van der Waals surface area contributed by atoms with Crippen LogP contribution in [0, 0.1) is 0 Å². The molecule has 0 spiro atoms. The first-order valence-electron chi connectivity index (χ1n) is 7.26. The van der Waals surface area contributed by atoms with Gasteiger partial charge in [-0.1, -0.05) is 36.4 Å². The molecule has 1 N–H and O–H groups in total. The van der Waals surface area contributed by atoms with Crippen molar-refractivity contribution < 1.29 is 13.2 Å². The van der Waals surface area contributed by atoms with Gasteiger partial charge in [0.05, 0.1) is 6.54 Å². The minimum absolute atomic E-state index is 0.0366. The summed E-state index contributed by atoms with van der Waals surface area (Å²) in [5, 5.41) is 4.44. The Hall–Kier alpha value is -1.70. The van der Waals surface area contributed by atoms with Crippen LogP contribution in [0.2, 0.25) is 0 Å². The summed E-state index contributed by atoms with van der Waals surface area (Å²) in [5.74, 6) is -0.309. The monoisotopic (exact) mass is 352 g/mol. The maximum absolute atomic E-state index is 12.8. The van der Waals surface area contributed by atoms with Crippen LogP contribution in [0.15, 0.2) is 52.1 Å². The molecule has 0 aliphatic carbocycles. The SMILES string of the molecule is CC(C)NC(=O)CN(Cc1ccccc1)S(=O)(=O)c1cccs1. The van der Waals surface area contributed by atoms with Crippen molar-refractivity contribution in [1.82, 2.24) is 9.62 Å². The summed E-state index contributed by atoms with van der Waals surface area (Å²) in [6.45, 7) is 3.64. The molecule has 0 atom stereocenters. The van der Waals surface area contributed by atoms with Crippen molar-refractivity contribution in [2.75, 3.05) is 6.54 Å². The highest BCUT2D eigenvalue weighted by Gasteiger charge is 2.27. The number of carbonyl (C=O) groups is 1. The number of nitrogens with one attached hydrogen (secondary N) is 1. The second kappa shape index (κ2) is 7.72. The molecule has 0 bridgehead atoms. The van der Waals surface area contributed by atoms with Gasteiger partial charge in [-0.05, 0) is 30.9 Å². The number of rotatable bonds is 7. The lowest BCUT2D eigenvalue weighted by Crippen LogP contribution is -2.42. The van der Waals surface area contributed by atoms with E-state index in [4.69, 9.17) is 0 Å². The van der Waals surface area contributed by atoms with E-state index >= 15 is 0 Å². The molecule has 0 saturated heterocycles. The third-order valence-corrected chi connectivity index (χ3v) is 6.23. The Morgan fingerprint density at radius 2 is 1.87 bits per heavy atom. The largest absolute Gasteiger partial charge is 0.353 e. The number of amides is 1. The number of thiophene rings is 1. The Balaban J connectivity index is 2.26. The summed E-state index contributed by atoms with van der Waals surface area (Å²) in [6.07, 6.45) is 0. The van der Waals surface area contributed by atoms with Crippen LogP contribution in [0.5, 0.6) is 0 Å². The lowest BCUT2D eigenvalue weighted by Gasteiger charge is -2.21. The molecular formula is C16H20N2O3S2. The van der Waals surface area contributed by atoms with Gasteiger partial charge in [-0.2, -0.15) is 4.31 Å². The van der Waals surface area contributed by atoms with Gasteiger partial charge in [0, 0.05) is 12.6 Å². The fourth-order valence-corrected chi connectivity index (χ4v) is 4.61. The summed E-state index contributed by atoms with van der Waals surface area (Å²) in [4.78, 5) is 12.1. The molecule has 1 aromatic heterocycles. The van der Waals surface area contributed by atoms with Crippen molar-refractivity contribution >= 4 is 27.3 Å². The molecule has 7 heteroatoms. The molecule has 0 saturated carbocycles. The molecule has 23 heavy (non-hydrogen) atoms. The van der Waals surface area contributed by atoms with Crippen LogP contribution in [-0.2, 0) is 21.4 Å². The molecule has 0 unspecified atom stereocenters. The summed E-state index contributed by atoms with van der Waals surface area (Å²) in [6, 6.07) is 12.5. The highest BCUT2D eigenvalue weighted by atomic mass is 32.2. The van der Waals surface area contributed by atoms with E-state index in [0.717, 1.165) is 16.9 Å². The standard InChI is InChI=1S/C16H20N2O3S2/c1-13(2)17-15(19)12-18(11-14-7-4-3-5-8-14)23(20,21)16-9-6-10-22-16/h3-10,13H,11-12H2,1-2H3,(H,17,19). The fraction of sp³-hybridized carbons (Fsp3) is 0.312. The van der Waals surface area contributed by atoms with Gasteiger partial charge >= 0.3 is 0 Å². The van der Waals surface area contributed by atoms with Crippen LogP contribution in [0.3, 0.4) is 0 Å². The zero-order chi connectivity index (χ0) is 16.9. The molecule has 0 fully saturated rings. The second-order valence-electron chi connectivity index (χ2n) is 5.41. The van der Waals surface area contributed by atoms with Gasteiger partial charge < -0.3 is 5.32 Å². The number of benzene rings is 1. The van der Waals surface area contributed by atoms with E-state index in [0.29, 0.717) is 0 Å². The molecule has 1 aromatic carbocycles. The van der Waals surface area contributed by atoms with Crippen LogP contribution in [-0.4, -0.2) is 31.2 Å². The van der Waals surface area contributed by atoms with Crippen LogP contribution in [0.4, 0.5) is 0 Å². The van der Waals surface area contributed by atoms with Gasteiger partial charge in [-0.25, -0.2) is 8.42 Å². The molecule has 1 heterocycles. The highest BCUT2D eigenvalue weighted by molar-refractivity contribution is 7.91. The number of sulfonamides is 1. The maximum atomic E-state index is 12.8. The van der Waals surface area contributed by atoms with E-state index in [1.54, 1.807) is 17.5 Å². The highest BCUT2D eigenvalue weighted by Crippen LogP contribution is 2.22. The quantitative estimate of drug-likeness (QED) is 0.832. The van der Waals surface area contributed by atoms with E-state index in [1.165, 1.54) is 4.31 Å². The Kier molecular flexibility index (Phi) is 5.92. The van der Waals surface area contributed by atoms with Crippen molar-refractivity contribution in [3.8, 4) is 0 Å². The minimum atomic E-state index is -3.70. The van der Waals surface area contributed by atoms with Crippen molar-refractivity contribution in [3.05, 3.63) is 53.4 Å². The third kappa shape index (κ3) is 4.89. The molecule has 2 aromatic rings. The Morgan fingerprint density at radius 3 is 2.43 bits per heavy atom. The second-order valence-corrected chi connectivity index (χ2v) is 8.53. The van der Waals surface area contributed by atoms with Gasteiger partial charge in [0.1, 0.15) is 4.21 Å². The van der Waals surface area contributed by atoms with Crippen LogP contribution in [0.1, 0.15) is 19.4 Å². The normalized spacial score (nSPS) is 11.8. The van der Waals surface area contributed by atoms with E-state index in [9.17, 15) is 13.2 Å². The summed E-state index contributed by atoms with van der Waals surface area (Å²) >= 11 is 1.15. The topological polar surface area (TPSA) is 66.5 Å². The Morgan fingerprint density at radius 1 is 1.17 bits per heavy atom. The molecule has 0 radical (unpaired) electrons. The first-order chi connectivity index (χ1) is 10.9. The predicted octanol–water partition coefficient (Wildman–Crippen LogP) is 2.46. The number of nitrogens with zero attached hydrogens (tertiary/aromatic N) is 1. The zero-order valence-electron chi connectivity index (χ0n) is 13.1. The van der Waals surface area contributed by atoms with E-state index in [2.05, 4.69) is 5.32 Å². The van der Waals surface area contributed by atoms with Crippen molar-refractivity contribution in [2.45, 2.75) is 30.6 Å². The van der Waals surface area contributed by atoms with E-state index < -0.39 is 10.0 Å².